The lowest BCUT2D eigenvalue weighted by atomic mass is 10.1. The maximum Gasteiger partial charge on any atom is 0.0678 e. The number of hydrogen-bond acceptors (Lipinski definition) is 2. The highest BCUT2D eigenvalue weighted by Crippen LogP contribution is 2.19. The summed E-state index contributed by atoms with van der Waals surface area (Å²) in [6, 6.07) is 10.5. The van der Waals surface area contributed by atoms with Crippen LogP contribution in [0.3, 0.4) is 0 Å². The number of aromatic nitrogens is 2. The molecule has 0 saturated carbocycles. The molecule has 1 aromatic carbocycles. The number of hydrogen-bond donors (Lipinski definition) is 1. The molecule has 0 saturated heterocycles. The molecule has 1 aromatic heterocycles. The molecule has 1 heterocycles. The van der Waals surface area contributed by atoms with Gasteiger partial charge in [-0.1, -0.05) is 18.2 Å². The van der Waals surface area contributed by atoms with Gasteiger partial charge in [-0.15, -0.1) is 0 Å². The predicted octanol–water partition coefficient (Wildman–Crippen LogP) is 1.81. The Bertz CT molecular complexity index is 446. The van der Waals surface area contributed by atoms with E-state index in [1.165, 1.54) is 11.1 Å². The molecule has 2 aromatic rings. The van der Waals surface area contributed by atoms with Crippen molar-refractivity contribution in [1.29, 1.82) is 0 Å². The minimum absolute atomic E-state index is 0.895. The zero-order chi connectivity index (χ0) is 10.7. The summed E-state index contributed by atoms with van der Waals surface area (Å²) < 4.78 is 1.89. The van der Waals surface area contributed by atoms with Gasteiger partial charge in [0.15, 0.2) is 0 Å². The van der Waals surface area contributed by atoms with Crippen LogP contribution in [0.4, 0.5) is 0 Å². The highest BCUT2D eigenvalue weighted by atomic mass is 15.2. The van der Waals surface area contributed by atoms with E-state index in [0.717, 1.165) is 12.2 Å². The van der Waals surface area contributed by atoms with Crippen LogP contribution < -0.4 is 5.32 Å². The molecule has 0 fully saturated rings. The highest BCUT2D eigenvalue weighted by molar-refractivity contribution is 5.60. The zero-order valence-electron chi connectivity index (χ0n) is 9.07. The molecule has 0 aliphatic carbocycles. The summed E-state index contributed by atoms with van der Waals surface area (Å²) in [4.78, 5) is 0. The van der Waals surface area contributed by atoms with E-state index in [0.29, 0.717) is 0 Å². The molecule has 15 heavy (non-hydrogen) atoms. The fourth-order valence-electron chi connectivity index (χ4n) is 1.70. The molecule has 78 valence electrons. The first-order valence-corrected chi connectivity index (χ1v) is 5.03. The van der Waals surface area contributed by atoms with Gasteiger partial charge >= 0.3 is 0 Å². The molecule has 3 heteroatoms. The minimum Gasteiger partial charge on any atom is -0.316 e. The van der Waals surface area contributed by atoms with Crippen molar-refractivity contribution < 1.29 is 0 Å². The van der Waals surface area contributed by atoms with Crippen LogP contribution in [0.2, 0.25) is 0 Å². The quantitative estimate of drug-likeness (QED) is 0.820. The molecule has 3 nitrogen and oxygen atoms in total. The molecule has 0 atom stereocenters. The summed E-state index contributed by atoms with van der Waals surface area (Å²) in [6.07, 6.45) is 1.82. The smallest absolute Gasteiger partial charge is 0.0678 e. The van der Waals surface area contributed by atoms with Gasteiger partial charge in [0.1, 0.15) is 0 Å². The Kier molecular flexibility index (Phi) is 2.83. The maximum absolute atomic E-state index is 4.17. The monoisotopic (exact) mass is 201 g/mol. The number of nitrogens with one attached hydrogen (secondary N) is 1. The van der Waals surface area contributed by atoms with Gasteiger partial charge in [-0.2, -0.15) is 5.10 Å². The van der Waals surface area contributed by atoms with Crippen molar-refractivity contribution in [3.05, 3.63) is 42.1 Å². The fourth-order valence-corrected chi connectivity index (χ4v) is 1.70. The third-order valence-electron chi connectivity index (χ3n) is 2.42. The lowest BCUT2D eigenvalue weighted by Gasteiger charge is -2.05. The Morgan fingerprint density at radius 1 is 1.33 bits per heavy atom. The van der Waals surface area contributed by atoms with E-state index in [9.17, 15) is 0 Å². The van der Waals surface area contributed by atoms with E-state index in [4.69, 9.17) is 0 Å². The van der Waals surface area contributed by atoms with E-state index in [1.54, 1.807) is 0 Å². The van der Waals surface area contributed by atoms with Crippen molar-refractivity contribution in [2.45, 2.75) is 6.54 Å². The normalized spacial score (nSPS) is 10.5. The maximum atomic E-state index is 4.17. The molecular weight excluding hydrogens is 186 g/mol. The number of aryl methyl sites for hydroxylation is 1. The minimum atomic E-state index is 0.895. The number of nitrogens with zero attached hydrogens (tertiary/aromatic N) is 2. The van der Waals surface area contributed by atoms with Gasteiger partial charge < -0.3 is 5.32 Å². The first-order valence-electron chi connectivity index (χ1n) is 5.03. The summed E-state index contributed by atoms with van der Waals surface area (Å²) in [5.74, 6) is 0. The Hall–Kier alpha value is -1.61. The van der Waals surface area contributed by atoms with Crippen LogP contribution in [-0.2, 0) is 13.6 Å². The van der Waals surface area contributed by atoms with E-state index < -0.39 is 0 Å². The predicted molar refractivity (Wildman–Crippen MR) is 61.4 cm³/mol. The SMILES string of the molecule is CNCc1cccc(-c2ccnn2C)c1. The fraction of sp³-hybridized carbons (Fsp3) is 0.250. The molecule has 1 N–H and O–H groups in total. The zero-order valence-corrected chi connectivity index (χ0v) is 9.07. The first kappa shape index (κ1) is 9.93. The molecule has 0 aliphatic heterocycles. The first-order chi connectivity index (χ1) is 7.31. The van der Waals surface area contributed by atoms with Gasteiger partial charge in [-0.3, -0.25) is 4.68 Å². The molecule has 2 rings (SSSR count). The second-order valence-electron chi connectivity index (χ2n) is 3.57. The topological polar surface area (TPSA) is 29.9 Å². The third kappa shape index (κ3) is 2.07. The van der Waals surface area contributed by atoms with E-state index >= 15 is 0 Å². The Balaban J connectivity index is 2.37. The van der Waals surface area contributed by atoms with Crippen LogP contribution in [0.5, 0.6) is 0 Å². The van der Waals surface area contributed by atoms with Crippen LogP contribution in [0.15, 0.2) is 36.5 Å². The summed E-state index contributed by atoms with van der Waals surface area (Å²) in [5.41, 5.74) is 3.65. The van der Waals surface area contributed by atoms with Crippen molar-refractivity contribution in [1.82, 2.24) is 15.1 Å². The van der Waals surface area contributed by atoms with Crippen LogP contribution in [-0.4, -0.2) is 16.8 Å². The van der Waals surface area contributed by atoms with Crippen LogP contribution in [0.25, 0.3) is 11.3 Å². The van der Waals surface area contributed by atoms with Crippen LogP contribution in [0, 0.1) is 0 Å². The molecular formula is C12H15N3. The van der Waals surface area contributed by atoms with Gasteiger partial charge in [0.25, 0.3) is 0 Å². The van der Waals surface area contributed by atoms with Crippen LogP contribution >= 0.6 is 0 Å². The van der Waals surface area contributed by atoms with Crippen molar-refractivity contribution in [2.24, 2.45) is 7.05 Å². The number of rotatable bonds is 3. The van der Waals surface area contributed by atoms with Crippen molar-refractivity contribution in [3.8, 4) is 11.3 Å². The summed E-state index contributed by atoms with van der Waals surface area (Å²) in [5, 5.41) is 7.32. The van der Waals surface area contributed by atoms with Crippen LogP contribution in [0.1, 0.15) is 5.56 Å². The molecule has 0 bridgehead atoms. The highest BCUT2D eigenvalue weighted by Gasteiger charge is 2.02. The second kappa shape index (κ2) is 4.28. The van der Waals surface area contributed by atoms with Crippen molar-refractivity contribution >= 4 is 0 Å². The average molecular weight is 201 g/mol. The molecule has 0 radical (unpaired) electrons. The molecule has 0 unspecified atom stereocenters. The Morgan fingerprint density at radius 2 is 2.20 bits per heavy atom. The van der Waals surface area contributed by atoms with Gasteiger partial charge in [0, 0.05) is 25.4 Å². The van der Waals surface area contributed by atoms with Gasteiger partial charge in [0.05, 0.1) is 5.69 Å². The average Bonchev–Trinajstić information content (AvgIpc) is 2.65. The lowest BCUT2D eigenvalue weighted by Crippen LogP contribution is -2.05. The Morgan fingerprint density at radius 3 is 2.87 bits per heavy atom. The summed E-state index contributed by atoms with van der Waals surface area (Å²) >= 11 is 0. The van der Waals surface area contributed by atoms with Crippen molar-refractivity contribution in [2.75, 3.05) is 7.05 Å². The molecule has 0 amide bonds. The van der Waals surface area contributed by atoms with Gasteiger partial charge in [-0.25, -0.2) is 0 Å². The third-order valence-corrected chi connectivity index (χ3v) is 2.42. The van der Waals surface area contributed by atoms with Gasteiger partial charge in [-0.05, 0) is 24.7 Å². The largest absolute Gasteiger partial charge is 0.316 e. The van der Waals surface area contributed by atoms with Gasteiger partial charge in [0.2, 0.25) is 0 Å². The van der Waals surface area contributed by atoms with Crippen molar-refractivity contribution in [3.63, 3.8) is 0 Å². The van der Waals surface area contributed by atoms with E-state index in [-0.39, 0.29) is 0 Å². The van der Waals surface area contributed by atoms with E-state index in [2.05, 4.69) is 34.7 Å². The Labute approximate surface area is 89.7 Å². The standard InChI is InChI=1S/C12H15N3/c1-13-9-10-4-3-5-11(8-10)12-6-7-14-15(12)2/h3-8,13H,9H2,1-2H3. The second-order valence-corrected chi connectivity index (χ2v) is 3.57. The number of benzene rings is 1. The molecule has 0 aliphatic rings. The lowest BCUT2D eigenvalue weighted by molar-refractivity contribution is 0.775. The summed E-state index contributed by atoms with van der Waals surface area (Å²) in [6.45, 7) is 0.895. The van der Waals surface area contributed by atoms with E-state index in [1.807, 2.05) is 31.0 Å². The summed E-state index contributed by atoms with van der Waals surface area (Å²) in [7, 11) is 3.91. The molecule has 0 spiro atoms.